The minimum Gasteiger partial charge on any atom is -0.481 e. The molecule has 0 amide bonds. The first-order valence-electron chi connectivity index (χ1n) is 11.9. The van der Waals surface area contributed by atoms with Gasteiger partial charge in [0, 0.05) is 17.0 Å². The number of halogens is 1. The summed E-state index contributed by atoms with van der Waals surface area (Å²) in [6.45, 7) is 1.36. The maximum Gasteiger partial charge on any atom is 0.303 e. The highest BCUT2D eigenvalue weighted by molar-refractivity contribution is 9.10. The largest absolute Gasteiger partial charge is 0.481 e. The van der Waals surface area contributed by atoms with E-state index in [1.807, 2.05) is 11.8 Å². The van der Waals surface area contributed by atoms with E-state index in [9.17, 15) is 9.90 Å². The number of rotatable bonds is 12. The van der Waals surface area contributed by atoms with Gasteiger partial charge >= 0.3 is 5.97 Å². The third-order valence-corrected chi connectivity index (χ3v) is 8.71. The van der Waals surface area contributed by atoms with Gasteiger partial charge in [-0.25, -0.2) is 0 Å². The molecule has 0 aromatic heterocycles. The zero-order valence-electron chi connectivity index (χ0n) is 19.0. The molecule has 2 atom stereocenters. The Kier molecular flexibility index (Phi) is 8.91. The predicted molar refractivity (Wildman–Crippen MR) is 137 cm³/mol. The van der Waals surface area contributed by atoms with Crippen LogP contribution in [0.1, 0.15) is 67.6 Å². The number of carboxylic acid groups (broad SMARTS) is 1. The molecule has 2 unspecified atom stereocenters. The van der Waals surface area contributed by atoms with Crippen molar-refractivity contribution in [2.45, 2.75) is 63.8 Å². The van der Waals surface area contributed by atoms with Crippen LogP contribution in [0.3, 0.4) is 0 Å². The second-order valence-electron chi connectivity index (χ2n) is 9.34. The van der Waals surface area contributed by atoms with Crippen molar-refractivity contribution in [1.29, 1.82) is 0 Å². The zero-order chi connectivity index (χ0) is 23.1. The van der Waals surface area contributed by atoms with Crippen LogP contribution >= 0.6 is 27.7 Å². The standard InChI is InChI=1S/C27H33BrO4S/c28-24-9-2-1-8-23(24)22(11-15-33-19-27(12-13-27)17-25(29)30)21-7-5-6-20(16-21)18-32-26-10-3-4-14-31-26/h1-2,5-9,16,22,26H,3-4,10-15,17-19H2,(H,29,30). The summed E-state index contributed by atoms with van der Waals surface area (Å²) in [6, 6.07) is 17.2. The first-order valence-corrected chi connectivity index (χ1v) is 13.9. The summed E-state index contributed by atoms with van der Waals surface area (Å²) in [5.74, 6) is 1.55. The van der Waals surface area contributed by atoms with Gasteiger partial charge in [-0.15, -0.1) is 0 Å². The van der Waals surface area contributed by atoms with Crippen LogP contribution < -0.4 is 0 Å². The maximum atomic E-state index is 11.2. The minimum absolute atomic E-state index is 0.0395. The fourth-order valence-corrected chi connectivity index (χ4v) is 6.48. The van der Waals surface area contributed by atoms with E-state index in [1.165, 1.54) is 23.1 Å². The Morgan fingerprint density at radius 3 is 2.79 bits per heavy atom. The minimum atomic E-state index is -0.670. The van der Waals surface area contributed by atoms with Gasteiger partial charge in [-0.2, -0.15) is 11.8 Å². The van der Waals surface area contributed by atoms with Crippen molar-refractivity contribution in [3.05, 3.63) is 69.7 Å². The molecule has 1 heterocycles. The number of hydrogen-bond acceptors (Lipinski definition) is 4. The third-order valence-electron chi connectivity index (χ3n) is 6.65. The molecule has 0 spiro atoms. The molecule has 0 radical (unpaired) electrons. The number of thioether (sulfide) groups is 1. The van der Waals surface area contributed by atoms with E-state index in [-0.39, 0.29) is 17.6 Å². The molecule has 2 fully saturated rings. The Hall–Kier alpha value is -1.34. The zero-order valence-corrected chi connectivity index (χ0v) is 21.4. The van der Waals surface area contributed by atoms with E-state index in [0.29, 0.717) is 13.0 Å². The highest BCUT2D eigenvalue weighted by Crippen LogP contribution is 2.51. The normalized spacial score (nSPS) is 20.3. The Balaban J connectivity index is 1.41. The number of carboxylic acids is 1. The van der Waals surface area contributed by atoms with Crippen molar-refractivity contribution in [2.24, 2.45) is 5.41 Å². The van der Waals surface area contributed by atoms with Gasteiger partial charge < -0.3 is 14.6 Å². The summed E-state index contributed by atoms with van der Waals surface area (Å²) in [6.07, 6.45) is 6.59. The first kappa shape index (κ1) is 24.8. The van der Waals surface area contributed by atoms with E-state index in [2.05, 4.69) is 64.5 Å². The monoisotopic (exact) mass is 532 g/mol. The second-order valence-corrected chi connectivity index (χ2v) is 11.3. The molecule has 1 saturated heterocycles. The Labute approximate surface area is 209 Å². The number of aliphatic carboxylic acids is 1. The van der Waals surface area contributed by atoms with Gasteiger partial charge in [0.1, 0.15) is 0 Å². The average molecular weight is 534 g/mol. The predicted octanol–water partition coefficient (Wildman–Crippen LogP) is 7.00. The van der Waals surface area contributed by atoms with Gasteiger partial charge in [0.2, 0.25) is 0 Å². The van der Waals surface area contributed by atoms with Crippen molar-refractivity contribution in [1.82, 2.24) is 0 Å². The number of benzene rings is 2. The van der Waals surface area contributed by atoms with Gasteiger partial charge in [0.15, 0.2) is 6.29 Å². The topological polar surface area (TPSA) is 55.8 Å². The molecule has 2 aliphatic rings. The number of ether oxygens (including phenoxy) is 2. The maximum absolute atomic E-state index is 11.2. The lowest BCUT2D eigenvalue weighted by Crippen LogP contribution is -2.22. The quantitative estimate of drug-likeness (QED) is 0.298. The van der Waals surface area contributed by atoms with Crippen LogP contribution in [-0.2, 0) is 20.9 Å². The van der Waals surface area contributed by atoms with Gasteiger partial charge in [-0.1, -0.05) is 58.4 Å². The van der Waals surface area contributed by atoms with Crippen LogP contribution in [0.2, 0.25) is 0 Å². The second kappa shape index (κ2) is 11.9. The SMILES string of the molecule is O=C(O)CC1(CSCCC(c2cccc(COC3CCCCO3)c2)c2ccccc2Br)CC1. The average Bonchev–Trinajstić information content (AvgIpc) is 3.58. The van der Waals surface area contributed by atoms with Crippen LogP contribution in [0.25, 0.3) is 0 Å². The van der Waals surface area contributed by atoms with Gasteiger partial charge in [0.05, 0.1) is 13.0 Å². The van der Waals surface area contributed by atoms with Gasteiger partial charge in [-0.05, 0) is 78.2 Å². The molecular formula is C27H33BrO4S. The summed E-state index contributed by atoms with van der Waals surface area (Å²) >= 11 is 5.66. The smallest absolute Gasteiger partial charge is 0.303 e. The summed E-state index contributed by atoms with van der Waals surface area (Å²) in [5, 5.41) is 9.18. The molecule has 2 aromatic carbocycles. The van der Waals surface area contributed by atoms with E-state index >= 15 is 0 Å². The van der Waals surface area contributed by atoms with Crippen molar-refractivity contribution < 1.29 is 19.4 Å². The van der Waals surface area contributed by atoms with Crippen molar-refractivity contribution in [3.8, 4) is 0 Å². The van der Waals surface area contributed by atoms with E-state index < -0.39 is 5.97 Å². The lowest BCUT2D eigenvalue weighted by atomic mass is 9.88. The fourth-order valence-electron chi connectivity index (χ4n) is 4.55. The molecule has 0 bridgehead atoms. The van der Waals surface area contributed by atoms with Crippen LogP contribution in [0.15, 0.2) is 53.0 Å². The molecule has 178 valence electrons. The summed E-state index contributed by atoms with van der Waals surface area (Å²) in [4.78, 5) is 11.2. The van der Waals surface area contributed by atoms with Crippen LogP contribution in [0, 0.1) is 5.41 Å². The van der Waals surface area contributed by atoms with E-state index in [1.54, 1.807) is 0 Å². The van der Waals surface area contributed by atoms with Gasteiger partial charge in [-0.3, -0.25) is 4.79 Å². The first-order chi connectivity index (χ1) is 16.0. The molecule has 33 heavy (non-hydrogen) atoms. The lowest BCUT2D eigenvalue weighted by molar-refractivity contribution is -0.168. The number of carbonyl (C=O) groups is 1. The molecule has 1 N–H and O–H groups in total. The molecule has 2 aromatic rings. The highest BCUT2D eigenvalue weighted by atomic mass is 79.9. The fraction of sp³-hybridized carbons (Fsp3) is 0.519. The third kappa shape index (κ3) is 7.32. The lowest BCUT2D eigenvalue weighted by Gasteiger charge is -2.23. The molecule has 1 aliphatic carbocycles. The number of hydrogen-bond donors (Lipinski definition) is 1. The molecule has 1 aliphatic heterocycles. The summed E-state index contributed by atoms with van der Waals surface area (Å²) < 4.78 is 12.9. The van der Waals surface area contributed by atoms with E-state index in [0.717, 1.165) is 54.7 Å². The van der Waals surface area contributed by atoms with E-state index in [4.69, 9.17) is 9.47 Å². The molecule has 4 nitrogen and oxygen atoms in total. The van der Waals surface area contributed by atoms with Crippen molar-refractivity contribution >= 4 is 33.7 Å². The van der Waals surface area contributed by atoms with Crippen molar-refractivity contribution in [3.63, 3.8) is 0 Å². The molecular weight excluding hydrogens is 500 g/mol. The Morgan fingerprint density at radius 2 is 2.06 bits per heavy atom. The Bertz CT molecular complexity index is 924. The molecule has 1 saturated carbocycles. The highest BCUT2D eigenvalue weighted by Gasteiger charge is 2.44. The summed E-state index contributed by atoms with van der Waals surface area (Å²) in [7, 11) is 0. The van der Waals surface area contributed by atoms with Crippen LogP contribution in [0.4, 0.5) is 0 Å². The molecule has 4 rings (SSSR count). The Morgan fingerprint density at radius 1 is 1.21 bits per heavy atom. The van der Waals surface area contributed by atoms with Gasteiger partial charge in [0.25, 0.3) is 0 Å². The van der Waals surface area contributed by atoms with Crippen LogP contribution in [0.5, 0.6) is 0 Å². The van der Waals surface area contributed by atoms with Crippen LogP contribution in [-0.4, -0.2) is 35.5 Å². The van der Waals surface area contributed by atoms with Crippen molar-refractivity contribution in [2.75, 3.05) is 18.1 Å². The summed E-state index contributed by atoms with van der Waals surface area (Å²) in [5.41, 5.74) is 3.79. The molecule has 6 heteroatoms.